The molecular formula is C13H21NO2S. The summed E-state index contributed by atoms with van der Waals surface area (Å²) < 4.78 is 0. The minimum Gasteiger partial charge on any atom is -0.390 e. The second kappa shape index (κ2) is 7.71. The van der Waals surface area contributed by atoms with Gasteiger partial charge in [0.25, 0.3) is 0 Å². The maximum absolute atomic E-state index is 9.89. The summed E-state index contributed by atoms with van der Waals surface area (Å²) in [6.07, 6.45) is 1.54. The highest BCUT2D eigenvalue weighted by Gasteiger charge is 2.22. The lowest BCUT2D eigenvalue weighted by Gasteiger charge is -2.23. The number of rotatable bonds is 7. The van der Waals surface area contributed by atoms with Gasteiger partial charge >= 0.3 is 0 Å². The van der Waals surface area contributed by atoms with Crippen molar-refractivity contribution in [3.8, 4) is 0 Å². The molecule has 1 rings (SSSR count). The zero-order valence-electron chi connectivity index (χ0n) is 10.1. The number of aliphatic hydroxyl groups excluding tert-OH is 2. The van der Waals surface area contributed by atoms with Crippen LogP contribution in [0.15, 0.2) is 30.3 Å². The van der Waals surface area contributed by atoms with E-state index in [0.717, 1.165) is 11.3 Å². The Morgan fingerprint density at radius 2 is 1.88 bits per heavy atom. The maximum Gasteiger partial charge on any atom is 0.0952 e. The topological polar surface area (TPSA) is 66.5 Å². The van der Waals surface area contributed by atoms with Crippen LogP contribution >= 0.6 is 11.8 Å². The van der Waals surface area contributed by atoms with E-state index in [2.05, 4.69) is 0 Å². The molecule has 3 nitrogen and oxygen atoms in total. The molecule has 0 aliphatic rings. The molecule has 4 N–H and O–H groups in total. The molecule has 0 aliphatic heterocycles. The summed E-state index contributed by atoms with van der Waals surface area (Å²) in [5.74, 6) is 0.830. The zero-order valence-corrected chi connectivity index (χ0v) is 10.9. The molecule has 0 saturated carbocycles. The van der Waals surface area contributed by atoms with E-state index in [1.165, 1.54) is 0 Å². The van der Waals surface area contributed by atoms with Gasteiger partial charge in [0.1, 0.15) is 0 Å². The summed E-state index contributed by atoms with van der Waals surface area (Å²) >= 11 is 1.65. The second-order valence-corrected chi connectivity index (χ2v) is 5.18. The first kappa shape index (κ1) is 14.5. The van der Waals surface area contributed by atoms with Gasteiger partial charge in [0.2, 0.25) is 0 Å². The van der Waals surface area contributed by atoms with E-state index in [4.69, 9.17) is 5.73 Å². The number of nitrogens with two attached hydrogens (primary N) is 1. The predicted octanol–water partition coefficient (Wildman–Crippen LogP) is 1.03. The van der Waals surface area contributed by atoms with Crippen LogP contribution in [0.3, 0.4) is 0 Å². The van der Waals surface area contributed by atoms with Crippen molar-refractivity contribution in [2.24, 2.45) is 5.73 Å². The molecule has 0 amide bonds. The summed E-state index contributed by atoms with van der Waals surface area (Å²) in [5.41, 5.74) is 6.98. The van der Waals surface area contributed by atoms with Crippen molar-refractivity contribution in [3.05, 3.63) is 35.9 Å². The quantitative estimate of drug-likeness (QED) is 0.681. The molecule has 4 heteroatoms. The van der Waals surface area contributed by atoms with Crippen molar-refractivity contribution in [1.29, 1.82) is 0 Å². The van der Waals surface area contributed by atoms with Crippen molar-refractivity contribution in [2.75, 3.05) is 12.0 Å². The largest absolute Gasteiger partial charge is 0.390 e. The first-order valence-electron chi connectivity index (χ1n) is 5.79. The van der Waals surface area contributed by atoms with E-state index >= 15 is 0 Å². The van der Waals surface area contributed by atoms with Crippen LogP contribution in [0.25, 0.3) is 0 Å². The Kier molecular flexibility index (Phi) is 6.58. The first-order valence-corrected chi connectivity index (χ1v) is 7.19. The molecule has 0 spiro atoms. The van der Waals surface area contributed by atoms with Gasteiger partial charge in [-0.05, 0) is 30.4 Å². The minimum atomic E-state index is -0.859. The Morgan fingerprint density at radius 3 is 2.47 bits per heavy atom. The van der Waals surface area contributed by atoms with E-state index in [1.807, 2.05) is 36.6 Å². The molecular weight excluding hydrogens is 234 g/mol. The van der Waals surface area contributed by atoms with Crippen LogP contribution in [0.4, 0.5) is 0 Å². The van der Waals surface area contributed by atoms with Gasteiger partial charge in [0.15, 0.2) is 0 Å². The Bertz CT molecular complexity index is 308. The van der Waals surface area contributed by atoms with E-state index in [9.17, 15) is 10.2 Å². The average molecular weight is 255 g/mol. The lowest BCUT2D eigenvalue weighted by Crippen LogP contribution is -2.44. The van der Waals surface area contributed by atoms with Gasteiger partial charge in [-0.25, -0.2) is 0 Å². The number of hydrogen-bond acceptors (Lipinski definition) is 4. The molecule has 2 unspecified atom stereocenters. The molecule has 0 saturated heterocycles. The third-order valence-electron chi connectivity index (χ3n) is 2.76. The highest BCUT2D eigenvalue weighted by atomic mass is 32.2. The average Bonchev–Trinajstić information content (AvgIpc) is 2.36. The van der Waals surface area contributed by atoms with Gasteiger partial charge in [-0.3, -0.25) is 0 Å². The van der Waals surface area contributed by atoms with Crippen molar-refractivity contribution in [1.82, 2.24) is 0 Å². The monoisotopic (exact) mass is 255 g/mol. The third-order valence-corrected chi connectivity index (χ3v) is 3.41. The van der Waals surface area contributed by atoms with Crippen LogP contribution in [0.1, 0.15) is 12.0 Å². The van der Waals surface area contributed by atoms with Crippen LogP contribution in [-0.2, 0) is 6.42 Å². The Morgan fingerprint density at radius 1 is 1.24 bits per heavy atom. The molecule has 0 radical (unpaired) electrons. The maximum atomic E-state index is 9.89. The third kappa shape index (κ3) is 5.08. The molecule has 0 bridgehead atoms. The Labute approximate surface area is 107 Å². The molecule has 0 aliphatic carbocycles. The van der Waals surface area contributed by atoms with Crippen LogP contribution in [-0.4, -0.2) is 40.5 Å². The van der Waals surface area contributed by atoms with E-state index in [-0.39, 0.29) is 0 Å². The van der Waals surface area contributed by atoms with E-state index < -0.39 is 18.2 Å². The number of aliphatic hydroxyl groups is 2. The summed E-state index contributed by atoms with van der Waals surface area (Å²) in [4.78, 5) is 0. The fourth-order valence-corrected chi connectivity index (χ4v) is 2.18. The number of thioether (sulfide) groups is 1. The fraction of sp³-hybridized carbons (Fsp3) is 0.538. The number of benzene rings is 1. The molecule has 0 heterocycles. The molecule has 17 heavy (non-hydrogen) atoms. The van der Waals surface area contributed by atoms with E-state index in [0.29, 0.717) is 12.8 Å². The summed E-state index contributed by atoms with van der Waals surface area (Å²) in [6, 6.07) is 9.35. The second-order valence-electron chi connectivity index (χ2n) is 4.19. The normalized spacial score (nSPS) is 16.5. The highest BCUT2D eigenvalue weighted by Crippen LogP contribution is 2.10. The summed E-state index contributed by atoms with van der Waals surface area (Å²) in [5, 5.41) is 19.6. The lowest BCUT2D eigenvalue weighted by atomic mass is 9.97. The molecule has 0 aromatic heterocycles. The fourth-order valence-electron chi connectivity index (χ4n) is 1.70. The van der Waals surface area contributed by atoms with Crippen LogP contribution in [0.2, 0.25) is 0 Å². The smallest absolute Gasteiger partial charge is 0.0952 e. The first-order chi connectivity index (χ1) is 8.15. The molecule has 3 atom stereocenters. The van der Waals surface area contributed by atoms with Gasteiger partial charge in [0.05, 0.1) is 12.2 Å². The van der Waals surface area contributed by atoms with Crippen molar-refractivity contribution in [3.63, 3.8) is 0 Å². The highest BCUT2D eigenvalue weighted by molar-refractivity contribution is 7.98. The van der Waals surface area contributed by atoms with Crippen molar-refractivity contribution >= 4 is 11.8 Å². The summed E-state index contributed by atoms with van der Waals surface area (Å²) in [7, 11) is 0. The van der Waals surface area contributed by atoms with Gasteiger partial charge in [0, 0.05) is 6.04 Å². The molecule has 1 aromatic rings. The number of hydrogen-bond donors (Lipinski definition) is 3. The molecule has 1 aromatic carbocycles. The van der Waals surface area contributed by atoms with Gasteiger partial charge in [-0.1, -0.05) is 30.3 Å². The van der Waals surface area contributed by atoms with Crippen LogP contribution < -0.4 is 5.73 Å². The van der Waals surface area contributed by atoms with Crippen molar-refractivity contribution < 1.29 is 10.2 Å². The van der Waals surface area contributed by atoms with Crippen LogP contribution in [0.5, 0.6) is 0 Å². The minimum absolute atomic E-state index is 0.422. The van der Waals surface area contributed by atoms with Crippen LogP contribution in [0, 0.1) is 0 Å². The van der Waals surface area contributed by atoms with Gasteiger partial charge in [-0.15, -0.1) is 0 Å². The summed E-state index contributed by atoms with van der Waals surface area (Å²) in [6.45, 7) is 0. The SMILES string of the molecule is CSCCC(O)[C@@H](O)C(N)Cc1ccccc1. The Hall–Kier alpha value is -0.550. The zero-order chi connectivity index (χ0) is 12.7. The predicted molar refractivity (Wildman–Crippen MR) is 73.1 cm³/mol. The van der Waals surface area contributed by atoms with Crippen molar-refractivity contribution in [2.45, 2.75) is 31.1 Å². The van der Waals surface area contributed by atoms with E-state index in [1.54, 1.807) is 11.8 Å². The standard InChI is InChI=1S/C13H21NO2S/c1-17-8-7-12(15)13(16)11(14)9-10-5-3-2-4-6-10/h2-6,11-13,15-16H,7-9,14H2,1H3/t11?,12?,13-/m0/s1. The molecule has 0 fully saturated rings. The van der Waals surface area contributed by atoms with Gasteiger partial charge < -0.3 is 15.9 Å². The lowest BCUT2D eigenvalue weighted by molar-refractivity contribution is 0.00316. The van der Waals surface area contributed by atoms with Gasteiger partial charge in [-0.2, -0.15) is 11.8 Å². The molecule has 96 valence electrons. The Balaban J connectivity index is 2.43.